The van der Waals surface area contributed by atoms with E-state index < -0.39 is 11.7 Å². The minimum Gasteiger partial charge on any atom is -0.327 e. The molecule has 0 aliphatic carbocycles. The van der Waals surface area contributed by atoms with Crippen molar-refractivity contribution in [2.24, 2.45) is 0 Å². The van der Waals surface area contributed by atoms with Crippen molar-refractivity contribution in [1.82, 2.24) is 4.90 Å². The maximum Gasteiger partial charge on any atom is 0.416 e. The number of benzene rings is 2. The Balaban J connectivity index is 1.71. The van der Waals surface area contributed by atoms with Gasteiger partial charge in [0.1, 0.15) is 0 Å². The van der Waals surface area contributed by atoms with E-state index in [1.807, 2.05) is 42.6 Å². The van der Waals surface area contributed by atoms with Gasteiger partial charge in [-0.1, -0.05) is 29.8 Å². The van der Waals surface area contributed by atoms with Crippen LogP contribution in [0.4, 0.5) is 13.2 Å². The number of hydrogen-bond donors (Lipinski definition) is 0. The van der Waals surface area contributed by atoms with Gasteiger partial charge in [0.05, 0.1) is 11.6 Å². The molecule has 0 saturated carbocycles. The third-order valence-corrected chi connectivity index (χ3v) is 6.08. The summed E-state index contributed by atoms with van der Waals surface area (Å²) in [6.45, 7) is 2.54. The van der Waals surface area contributed by atoms with Crippen molar-refractivity contribution >= 4 is 17.2 Å². The molecule has 3 aromatic rings. The van der Waals surface area contributed by atoms with E-state index in [1.165, 1.54) is 17.0 Å². The summed E-state index contributed by atoms with van der Waals surface area (Å²) in [7, 11) is 0. The Morgan fingerprint density at radius 2 is 1.71 bits per heavy atom. The molecule has 28 heavy (non-hydrogen) atoms. The molecular weight excluding hydrogens is 383 g/mol. The molecule has 0 N–H and O–H groups in total. The lowest BCUT2D eigenvalue weighted by atomic mass is 9.92. The summed E-state index contributed by atoms with van der Waals surface area (Å²) < 4.78 is 38.5. The first-order valence-electron chi connectivity index (χ1n) is 8.95. The van der Waals surface area contributed by atoms with Crippen LogP contribution in [-0.4, -0.2) is 17.4 Å². The van der Waals surface area contributed by atoms with E-state index in [9.17, 15) is 18.0 Å². The van der Waals surface area contributed by atoms with Crippen molar-refractivity contribution in [3.63, 3.8) is 0 Å². The van der Waals surface area contributed by atoms with Crippen molar-refractivity contribution in [3.05, 3.63) is 92.7 Å². The van der Waals surface area contributed by atoms with E-state index in [2.05, 4.69) is 0 Å². The fourth-order valence-electron chi connectivity index (χ4n) is 3.61. The monoisotopic (exact) mass is 401 g/mol. The molecule has 0 bridgehead atoms. The average molecular weight is 401 g/mol. The smallest absolute Gasteiger partial charge is 0.327 e. The first kappa shape index (κ1) is 18.7. The van der Waals surface area contributed by atoms with Gasteiger partial charge in [-0.15, -0.1) is 11.3 Å². The van der Waals surface area contributed by atoms with Gasteiger partial charge in [0.2, 0.25) is 0 Å². The summed E-state index contributed by atoms with van der Waals surface area (Å²) in [5.74, 6) is -0.254. The normalized spacial score (nSPS) is 16.7. The third-order valence-electron chi connectivity index (χ3n) is 5.08. The number of carbonyl (C=O) groups is 1. The SMILES string of the molecule is Cc1ccc([C@H]2c3ccsc3CCN2C(=O)c2ccc(C(F)(F)F)cc2)cc1. The van der Waals surface area contributed by atoms with Crippen molar-refractivity contribution in [2.45, 2.75) is 25.6 Å². The van der Waals surface area contributed by atoms with Gasteiger partial charge in [-0.05, 0) is 60.2 Å². The molecule has 0 fully saturated rings. The molecule has 2 aromatic carbocycles. The van der Waals surface area contributed by atoms with Crippen LogP contribution in [0.15, 0.2) is 60.0 Å². The number of thiophene rings is 1. The number of alkyl halides is 3. The minimum atomic E-state index is -4.41. The predicted octanol–water partition coefficient (Wildman–Crippen LogP) is 5.86. The second-order valence-corrected chi connectivity index (χ2v) is 7.94. The number of hydrogen-bond acceptors (Lipinski definition) is 2. The molecule has 2 nitrogen and oxygen atoms in total. The molecule has 0 radical (unpaired) electrons. The lowest BCUT2D eigenvalue weighted by molar-refractivity contribution is -0.137. The van der Waals surface area contributed by atoms with Gasteiger partial charge in [0.25, 0.3) is 5.91 Å². The zero-order valence-corrected chi connectivity index (χ0v) is 16.0. The molecule has 2 heterocycles. The largest absolute Gasteiger partial charge is 0.416 e. The summed E-state index contributed by atoms with van der Waals surface area (Å²) in [5, 5.41) is 2.03. The van der Waals surface area contributed by atoms with Crippen LogP contribution in [0.3, 0.4) is 0 Å². The maximum atomic E-state index is 13.2. The molecule has 1 aliphatic rings. The minimum absolute atomic E-state index is 0.231. The number of halogens is 3. The average Bonchev–Trinajstić information content (AvgIpc) is 3.16. The van der Waals surface area contributed by atoms with E-state index in [-0.39, 0.29) is 17.5 Å². The Morgan fingerprint density at radius 3 is 2.36 bits per heavy atom. The van der Waals surface area contributed by atoms with Crippen LogP contribution in [0.5, 0.6) is 0 Å². The molecule has 1 aliphatic heterocycles. The molecule has 144 valence electrons. The lowest BCUT2D eigenvalue weighted by Gasteiger charge is -2.36. The molecule has 1 amide bonds. The van der Waals surface area contributed by atoms with E-state index in [0.717, 1.165) is 35.2 Å². The van der Waals surface area contributed by atoms with E-state index in [0.29, 0.717) is 6.54 Å². The van der Waals surface area contributed by atoms with Crippen LogP contribution in [0, 0.1) is 6.92 Å². The highest BCUT2D eigenvalue weighted by atomic mass is 32.1. The highest BCUT2D eigenvalue weighted by Crippen LogP contribution is 2.39. The van der Waals surface area contributed by atoms with Crippen LogP contribution in [0.1, 0.15) is 43.5 Å². The standard InChI is InChI=1S/C22H18F3NOS/c1-14-2-4-15(5-3-14)20-18-11-13-28-19(18)10-12-26(20)21(27)16-6-8-17(9-7-16)22(23,24)25/h2-9,11,13,20H,10,12H2,1H3/t20-/m0/s1. The van der Waals surface area contributed by atoms with Crippen molar-refractivity contribution < 1.29 is 18.0 Å². The molecule has 6 heteroatoms. The molecule has 1 atom stereocenters. The van der Waals surface area contributed by atoms with E-state index in [1.54, 1.807) is 16.2 Å². The number of carbonyl (C=O) groups excluding carboxylic acids is 1. The Hall–Kier alpha value is -2.60. The Bertz CT molecular complexity index is 990. The van der Waals surface area contributed by atoms with Crippen molar-refractivity contribution in [1.29, 1.82) is 0 Å². The highest BCUT2D eigenvalue weighted by molar-refractivity contribution is 7.10. The van der Waals surface area contributed by atoms with Gasteiger partial charge in [-0.25, -0.2) is 0 Å². The number of fused-ring (bicyclic) bond motifs is 1. The van der Waals surface area contributed by atoms with Gasteiger partial charge < -0.3 is 4.90 Å². The number of aryl methyl sites for hydroxylation is 1. The quantitative estimate of drug-likeness (QED) is 0.526. The number of rotatable bonds is 2. The van der Waals surface area contributed by atoms with Crippen molar-refractivity contribution in [3.8, 4) is 0 Å². The molecule has 0 saturated heterocycles. The molecule has 0 spiro atoms. The second-order valence-electron chi connectivity index (χ2n) is 6.94. The zero-order valence-electron chi connectivity index (χ0n) is 15.2. The lowest BCUT2D eigenvalue weighted by Crippen LogP contribution is -2.40. The van der Waals surface area contributed by atoms with Gasteiger partial charge in [-0.2, -0.15) is 13.2 Å². The Labute approximate surface area is 165 Å². The van der Waals surface area contributed by atoms with Crippen LogP contribution >= 0.6 is 11.3 Å². The van der Waals surface area contributed by atoms with Crippen LogP contribution in [-0.2, 0) is 12.6 Å². The molecule has 0 unspecified atom stereocenters. The predicted molar refractivity (Wildman–Crippen MR) is 104 cm³/mol. The molecule has 1 aromatic heterocycles. The first-order chi connectivity index (χ1) is 13.3. The molecule has 4 rings (SSSR count). The zero-order chi connectivity index (χ0) is 19.9. The first-order valence-corrected chi connectivity index (χ1v) is 9.83. The Morgan fingerprint density at radius 1 is 1.04 bits per heavy atom. The highest BCUT2D eigenvalue weighted by Gasteiger charge is 2.34. The Kier molecular flexibility index (Phi) is 4.75. The number of amides is 1. The van der Waals surface area contributed by atoms with Gasteiger partial charge in [-0.3, -0.25) is 4.79 Å². The summed E-state index contributed by atoms with van der Waals surface area (Å²) >= 11 is 1.68. The topological polar surface area (TPSA) is 20.3 Å². The van der Waals surface area contributed by atoms with Gasteiger partial charge >= 0.3 is 6.18 Å². The van der Waals surface area contributed by atoms with Gasteiger partial charge in [0, 0.05) is 17.0 Å². The van der Waals surface area contributed by atoms with Gasteiger partial charge in [0.15, 0.2) is 0 Å². The summed E-state index contributed by atoms with van der Waals surface area (Å²) in [6.07, 6.45) is -3.66. The fraction of sp³-hybridized carbons (Fsp3) is 0.227. The second kappa shape index (κ2) is 7.09. The van der Waals surface area contributed by atoms with Crippen LogP contribution < -0.4 is 0 Å². The van der Waals surface area contributed by atoms with Crippen molar-refractivity contribution in [2.75, 3.05) is 6.54 Å². The van der Waals surface area contributed by atoms with E-state index >= 15 is 0 Å². The van der Waals surface area contributed by atoms with Crippen LogP contribution in [0.2, 0.25) is 0 Å². The summed E-state index contributed by atoms with van der Waals surface area (Å²) in [5.41, 5.74) is 2.75. The summed E-state index contributed by atoms with van der Waals surface area (Å²) in [4.78, 5) is 16.2. The van der Waals surface area contributed by atoms with Crippen LogP contribution in [0.25, 0.3) is 0 Å². The molecular formula is C22H18F3NOS. The maximum absolute atomic E-state index is 13.2. The third kappa shape index (κ3) is 3.44. The number of nitrogens with zero attached hydrogens (tertiary/aromatic N) is 1. The summed E-state index contributed by atoms with van der Waals surface area (Å²) in [6, 6.07) is 14.3. The van der Waals surface area contributed by atoms with E-state index in [4.69, 9.17) is 0 Å². The fourth-order valence-corrected chi connectivity index (χ4v) is 4.51.